The summed E-state index contributed by atoms with van der Waals surface area (Å²) in [7, 11) is -3.09. The Balaban J connectivity index is 2.31. The average molecular weight is 369 g/mol. The molecule has 1 fully saturated rings. The van der Waals surface area contributed by atoms with Crippen molar-refractivity contribution in [3.8, 4) is 0 Å². The molecule has 13 heteroatoms. The van der Waals surface area contributed by atoms with Crippen molar-refractivity contribution < 1.29 is 37.9 Å². The summed E-state index contributed by atoms with van der Waals surface area (Å²) in [5.41, 5.74) is 2.60. The van der Waals surface area contributed by atoms with Crippen LogP contribution in [0.1, 0.15) is 12.6 Å². The van der Waals surface area contributed by atoms with Crippen LogP contribution in [0.15, 0.2) is 11.0 Å². The number of aliphatic hydroxyl groups excluding tert-OH is 1. The Morgan fingerprint density at radius 2 is 2.21 bits per heavy atom. The zero-order chi connectivity index (χ0) is 18.0. The number of alkyl halides is 1. The van der Waals surface area contributed by atoms with E-state index in [9.17, 15) is 18.4 Å². The highest BCUT2D eigenvalue weighted by Gasteiger charge is 2.48. The van der Waals surface area contributed by atoms with Gasteiger partial charge in [0.1, 0.15) is 0 Å². The van der Waals surface area contributed by atoms with Crippen molar-refractivity contribution in [2.24, 2.45) is 5.92 Å². The minimum Gasteiger partial charge on any atom is -0.429 e. The smallest absolute Gasteiger partial charge is 0.385 e. The van der Waals surface area contributed by atoms with Gasteiger partial charge in [-0.1, -0.05) is 0 Å². The molecule has 0 radical (unpaired) electrons. The number of nitrogens with zero attached hydrogens (tertiary/aromatic N) is 2. The molecule has 134 valence electrons. The summed E-state index contributed by atoms with van der Waals surface area (Å²) < 4.78 is 38.2. The van der Waals surface area contributed by atoms with E-state index < -0.39 is 62.6 Å². The van der Waals surface area contributed by atoms with Crippen molar-refractivity contribution >= 4 is 19.9 Å². The van der Waals surface area contributed by atoms with Crippen LogP contribution in [0.4, 0.5) is 19.4 Å². The zero-order valence-corrected chi connectivity index (χ0v) is 12.8. The van der Waals surface area contributed by atoms with Crippen LogP contribution in [0.2, 0.25) is 0 Å². The molecule has 1 aromatic rings. The van der Waals surface area contributed by atoms with Gasteiger partial charge in [0.15, 0.2) is 24.0 Å². The highest BCUT2D eigenvalue weighted by molar-refractivity contribution is 7.63. The maximum Gasteiger partial charge on any atom is 0.385 e. The van der Waals surface area contributed by atoms with Gasteiger partial charge in [-0.3, -0.25) is 4.57 Å². The molecule has 1 aliphatic heterocycles. The molecule has 0 amide bonds. The highest BCUT2D eigenvalue weighted by Crippen LogP contribution is 2.40. The Labute approximate surface area is 134 Å². The number of rotatable bonds is 5. The fourth-order valence-corrected chi connectivity index (χ4v) is 2.44. The van der Waals surface area contributed by atoms with Gasteiger partial charge in [-0.05, 0) is 6.42 Å². The van der Waals surface area contributed by atoms with Crippen LogP contribution in [0.5, 0.6) is 0 Å². The molecule has 1 aliphatic rings. The summed E-state index contributed by atoms with van der Waals surface area (Å²) in [6, 6.07) is 0. The standard InChI is InChI=1S/C11H14F2N3O7P/c12-5-3-16(10(18)15-7(5)14)8-6(13)4(1-2-17)9(22-8)23-11(19)24(20)21/h3-4,6,8-9,17,20-21H,1-2H2,(H2,14,15,18)/t4-,6-,8+,9+/m0/s1. The van der Waals surface area contributed by atoms with Crippen molar-refractivity contribution in [1.29, 1.82) is 0 Å². The van der Waals surface area contributed by atoms with Crippen molar-refractivity contribution in [3.05, 3.63) is 22.5 Å². The van der Waals surface area contributed by atoms with Crippen molar-refractivity contribution in [1.82, 2.24) is 9.55 Å². The lowest BCUT2D eigenvalue weighted by Crippen LogP contribution is -2.32. The van der Waals surface area contributed by atoms with Crippen LogP contribution < -0.4 is 11.4 Å². The van der Waals surface area contributed by atoms with Crippen LogP contribution in [0.3, 0.4) is 0 Å². The van der Waals surface area contributed by atoms with Gasteiger partial charge in [0.05, 0.1) is 12.1 Å². The molecule has 0 saturated carbocycles. The van der Waals surface area contributed by atoms with E-state index in [1.807, 2.05) is 0 Å². The molecule has 10 nitrogen and oxygen atoms in total. The first-order valence-electron chi connectivity index (χ1n) is 6.59. The molecule has 0 aliphatic carbocycles. The Hall–Kier alpha value is -1.72. The molecule has 2 rings (SSSR count). The Morgan fingerprint density at radius 3 is 2.79 bits per heavy atom. The van der Waals surface area contributed by atoms with Crippen LogP contribution in [-0.2, 0) is 9.47 Å². The van der Waals surface area contributed by atoms with Crippen LogP contribution in [0, 0.1) is 11.7 Å². The van der Waals surface area contributed by atoms with E-state index in [-0.39, 0.29) is 6.42 Å². The van der Waals surface area contributed by atoms with Gasteiger partial charge in [-0.2, -0.15) is 4.98 Å². The number of hydrogen-bond acceptors (Lipinski definition) is 9. The van der Waals surface area contributed by atoms with Crippen molar-refractivity contribution in [3.63, 3.8) is 0 Å². The van der Waals surface area contributed by atoms with Gasteiger partial charge in [0, 0.05) is 6.61 Å². The van der Waals surface area contributed by atoms with Crippen molar-refractivity contribution in [2.75, 3.05) is 12.3 Å². The summed E-state index contributed by atoms with van der Waals surface area (Å²) in [6.07, 6.45) is -4.91. The van der Waals surface area contributed by atoms with Crippen LogP contribution in [-0.4, -0.2) is 49.2 Å². The second kappa shape index (κ2) is 7.45. The second-order valence-electron chi connectivity index (χ2n) is 4.85. The quantitative estimate of drug-likeness (QED) is 0.506. The molecule has 4 atom stereocenters. The predicted molar refractivity (Wildman–Crippen MR) is 74.7 cm³/mol. The molecule has 24 heavy (non-hydrogen) atoms. The molecule has 0 aromatic carbocycles. The van der Waals surface area contributed by atoms with E-state index in [0.717, 1.165) is 0 Å². The molecule has 0 spiro atoms. The Bertz CT molecular complexity index is 674. The topological polar surface area (TPSA) is 157 Å². The second-order valence-corrected chi connectivity index (χ2v) is 5.80. The molecule has 2 heterocycles. The number of halogens is 2. The number of carbonyl (C=O) groups excluding carboxylic acids is 1. The summed E-state index contributed by atoms with van der Waals surface area (Å²) in [5.74, 6) is -2.98. The molecule has 0 unspecified atom stereocenters. The third kappa shape index (κ3) is 3.68. The third-order valence-electron chi connectivity index (χ3n) is 3.36. The predicted octanol–water partition coefficient (Wildman–Crippen LogP) is -0.411. The third-order valence-corrected chi connectivity index (χ3v) is 3.79. The van der Waals surface area contributed by atoms with Gasteiger partial charge in [0.2, 0.25) is 6.29 Å². The number of nitrogens with two attached hydrogens (primary N) is 1. The maximum atomic E-state index is 14.6. The number of aromatic nitrogens is 2. The first-order valence-corrected chi connectivity index (χ1v) is 7.84. The van der Waals surface area contributed by atoms with Gasteiger partial charge in [0.25, 0.3) is 8.38 Å². The molecule has 1 saturated heterocycles. The van der Waals surface area contributed by atoms with E-state index in [4.69, 9.17) is 25.4 Å². The number of carbonyl (C=O) groups is 1. The van der Waals surface area contributed by atoms with E-state index in [2.05, 4.69) is 9.72 Å². The monoisotopic (exact) mass is 369 g/mol. The number of aliphatic hydroxyl groups is 1. The largest absolute Gasteiger partial charge is 0.429 e. The average Bonchev–Trinajstić information content (AvgIpc) is 2.80. The fourth-order valence-electron chi connectivity index (χ4n) is 2.24. The summed E-state index contributed by atoms with van der Waals surface area (Å²) in [6.45, 7) is -0.495. The molecule has 1 aromatic heterocycles. The number of anilines is 1. The van der Waals surface area contributed by atoms with E-state index in [1.165, 1.54) is 0 Å². The summed E-state index contributed by atoms with van der Waals surface area (Å²) >= 11 is 0. The first kappa shape index (κ1) is 18.6. The maximum absolute atomic E-state index is 14.6. The lowest BCUT2D eigenvalue weighted by Gasteiger charge is -2.18. The van der Waals surface area contributed by atoms with Crippen LogP contribution >= 0.6 is 8.38 Å². The van der Waals surface area contributed by atoms with E-state index in [1.54, 1.807) is 0 Å². The normalized spacial score (nSPS) is 26.8. The Morgan fingerprint density at radius 1 is 1.54 bits per heavy atom. The Kier molecular flexibility index (Phi) is 5.78. The van der Waals surface area contributed by atoms with E-state index >= 15 is 0 Å². The van der Waals surface area contributed by atoms with E-state index in [0.29, 0.717) is 10.8 Å². The summed E-state index contributed by atoms with van der Waals surface area (Å²) in [4.78, 5) is 43.7. The lowest BCUT2D eigenvalue weighted by molar-refractivity contribution is -0.129. The molecule has 5 N–H and O–H groups in total. The van der Waals surface area contributed by atoms with Gasteiger partial charge in [-0.25, -0.2) is 18.4 Å². The lowest BCUT2D eigenvalue weighted by atomic mass is 10.0. The molecular formula is C11H14F2N3O7P. The minimum absolute atomic E-state index is 0.218. The minimum atomic E-state index is -3.09. The molecule has 0 bridgehead atoms. The number of hydrogen-bond donors (Lipinski definition) is 4. The highest BCUT2D eigenvalue weighted by atomic mass is 31.2. The van der Waals surface area contributed by atoms with Gasteiger partial charge in [-0.15, -0.1) is 0 Å². The van der Waals surface area contributed by atoms with Crippen LogP contribution in [0.25, 0.3) is 0 Å². The SMILES string of the molecule is Nc1nc(=O)n([C@@H]2O[C@H](OC(=O)P(O)O)[C@@H](CCO)[C@@H]2F)cc1F. The number of ether oxygens (including phenoxy) is 2. The van der Waals surface area contributed by atoms with Gasteiger partial charge < -0.3 is 30.1 Å². The number of nitrogen functional groups attached to an aromatic ring is 1. The first-order chi connectivity index (χ1) is 11.3. The van der Waals surface area contributed by atoms with Gasteiger partial charge >= 0.3 is 11.4 Å². The summed E-state index contributed by atoms with van der Waals surface area (Å²) in [5, 5.41) is 8.98. The zero-order valence-electron chi connectivity index (χ0n) is 12.0. The fraction of sp³-hybridized carbons (Fsp3) is 0.545. The molecular weight excluding hydrogens is 355 g/mol. The van der Waals surface area contributed by atoms with Crippen molar-refractivity contribution in [2.45, 2.75) is 25.1 Å².